The van der Waals surface area contributed by atoms with Crippen LogP contribution in [0.2, 0.25) is 0 Å². The molecule has 2 aromatic rings. The number of anilines is 1. The Hall–Kier alpha value is -2.49. The lowest BCUT2D eigenvalue weighted by Gasteiger charge is -2.32. The summed E-state index contributed by atoms with van der Waals surface area (Å²) in [6.07, 6.45) is 7.05. The first-order chi connectivity index (χ1) is 14.8. The van der Waals surface area contributed by atoms with Crippen LogP contribution in [-0.4, -0.2) is 43.2 Å². The molecular formula is C26H33N3O. The van der Waals surface area contributed by atoms with Gasteiger partial charge in [0.25, 0.3) is 0 Å². The molecular weight excluding hydrogens is 370 g/mol. The minimum absolute atomic E-state index is 0.132. The van der Waals surface area contributed by atoms with Gasteiger partial charge in [-0.05, 0) is 67.7 Å². The minimum atomic E-state index is 0.132. The highest BCUT2D eigenvalue weighted by atomic mass is 16.2. The van der Waals surface area contributed by atoms with Crippen LogP contribution >= 0.6 is 0 Å². The van der Waals surface area contributed by atoms with Gasteiger partial charge in [0.05, 0.1) is 0 Å². The van der Waals surface area contributed by atoms with Crippen molar-refractivity contribution in [3.63, 3.8) is 0 Å². The van der Waals surface area contributed by atoms with Gasteiger partial charge < -0.3 is 15.1 Å². The first-order valence-electron chi connectivity index (χ1n) is 11.7. The SMILES string of the molecule is O=C(NC1CC1c1ccccc1)N1CCC(Cc2cccc(N3CCCC3)c2)CC1. The zero-order valence-corrected chi connectivity index (χ0v) is 17.8. The number of hydrogen-bond donors (Lipinski definition) is 1. The maximum Gasteiger partial charge on any atom is 0.317 e. The van der Waals surface area contributed by atoms with E-state index in [0.29, 0.717) is 17.9 Å². The van der Waals surface area contributed by atoms with Crippen LogP contribution in [0.3, 0.4) is 0 Å². The second-order valence-corrected chi connectivity index (χ2v) is 9.31. The molecule has 3 fully saturated rings. The van der Waals surface area contributed by atoms with Crippen LogP contribution in [0.15, 0.2) is 54.6 Å². The number of carbonyl (C=O) groups is 1. The van der Waals surface area contributed by atoms with Crippen molar-refractivity contribution >= 4 is 11.7 Å². The fourth-order valence-electron chi connectivity index (χ4n) is 5.20. The summed E-state index contributed by atoms with van der Waals surface area (Å²) < 4.78 is 0. The standard InChI is InChI=1S/C26H33N3O/c30-26(27-25-19-24(25)22-8-2-1-3-9-22)29-15-11-20(12-16-29)17-21-7-6-10-23(18-21)28-13-4-5-14-28/h1-3,6-10,18,20,24-25H,4-5,11-17,19H2,(H,27,30). The zero-order valence-electron chi connectivity index (χ0n) is 17.8. The van der Waals surface area contributed by atoms with Crippen LogP contribution in [0.4, 0.5) is 10.5 Å². The topological polar surface area (TPSA) is 35.6 Å². The molecule has 0 bridgehead atoms. The lowest BCUT2D eigenvalue weighted by atomic mass is 9.90. The third-order valence-electron chi connectivity index (χ3n) is 7.13. The van der Waals surface area contributed by atoms with E-state index in [1.165, 1.54) is 42.7 Å². The first-order valence-corrected chi connectivity index (χ1v) is 11.7. The molecule has 1 N–H and O–H groups in total. The van der Waals surface area contributed by atoms with Gasteiger partial charge in [0, 0.05) is 43.8 Å². The van der Waals surface area contributed by atoms with E-state index in [0.717, 1.165) is 38.8 Å². The molecule has 0 spiro atoms. The van der Waals surface area contributed by atoms with Crippen LogP contribution in [-0.2, 0) is 6.42 Å². The molecule has 4 nitrogen and oxygen atoms in total. The van der Waals surface area contributed by atoms with Crippen molar-refractivity contribution in [3.8, 4) is 0 Å². The van der Waals surface area contributed by atoms with E-state index < -0.39 is 0 Å². The molecule has 5 rings (SSSR count). The summed E-state index contributed by atoms with van der Waals surface area (Å²) in [6, 6.07) is 20.1. The summed E-state index contributed by atoms with van der Waals surface area (Å²) in [7, 11) is 0. The Labute approximate surface area is 180 Å². The average Bonchev–Trinajstić information content (AvgIpc) is 3.32. The van der Waals surface area contributed by atoms with Gasteiger partial charge in [-0.3, -0.25) is 0 Å². The summed E-state index contributed by atoms with van der Waals surface area (Å²) in [5.74, 6) is 1.18. The third kappa shape index (κ3) is 4.48. The molecule has 2 heterocycles. The number of nitrogens with zero attached hydrogens (tertiary/aromatic N) is 2. The predicted molar refractivity (Wildman–Crippen MR) is 122 cm³/mol. The molecule has 1 saturated carbocycles. The summed E-state index contributed by atoms with van der Waals surface area (Å²) >= 11 is 0. The van der Waals surface area contributed by atoms with Crippen LogP contribution in [0.1, 0.15) is 49.1 Å². The quantitative estimate of drug-likeness (QED) is 0.778. The Bertz CT molecular complexity index is 854. The van der Waals surface area contributed by atoms with Crippen molar-refractivity contribution in [1.82, 2.24) is 10.2 Å². The lowest BCUT2D eigenvalue weighted by Crippen LogP contribution is -2.45. The second kappa shape index (κ2) is 8.71. The minimum Gasteiger partial charge on any atom is -0.372 e. The molecule has 2 atom stereocenters. The molecule has 0 aromatic heterocycles. The second-order valence-electron chi connectivity index (χ2n) is 9.31. The Morgan fingerprint density at radius 2 is 1.70 bits per heavy atom. The number of likely N-dealkylation sites (tertiary alicyclic amines) is 1. The number of hydrogen-bond acceptors (Lipinski definition) is 2. The predicted octanol–water partition coefficient (Wildman–Crippen LogP) is 4.81. The number of nitrogens with one attached hydrogen (secondary N) is 1. The van der Waals surface area contributed by atoms with Crippen LogP contribution in [0.25, 0.3) is 0 Å². The van der Waals surface area contributed by atoms with Crippen molar-refractivity contribution in [2.24, 2.45) is 5.92 Å². The number of rotatable bonds is 5. The van der Waals surface area contributed by atoms with Gasteiger partial charge in [0.1, 0.15) is 0 Å². The Balaban J connectivity index is 1.08. The van der Waals surface area contributed by atoms with Gasteiger partial charge in [0.2, 0.25) is 0 Å². The van der Waals surface area contributed by atoms with Crippen molar-refractivity contribution < 1.29 is 4.79 Å². The fourth-order valence-corrected chi connectivity index (χ4v) is 5.20. The molecule has 2 saturated heterocycles. The summed E-state index contributed by atoms with van der Waals surface area (Å²) in [4.78, 5) is 17.2. The van der Waals surface area contributed by atoms with E-state index in [1.807, 2.05) is 11.0 Å². The maximum absolute atomic E-state index is 12.7. The normalized spacial score (nSPS) is 24.1. The number of carbonyl (C=O) groups excluding carboxylic acids is 1. The van der Waals surface area contributed by atoms with E-state index in [-0.39, 0.29) is 6.03 Å². The fraction of sp³-hybridized carbons (Fsp3) is 0.500. The molecule has 2 amide bonds. The van der Waals surface area contributed by atoms with E-state index in [4.69, 9.17) is 0 Å². The summed E-state index contributed by atoms with van der Waals surface area (Å²) in [6.45, 7) is 4.15. The van der Waals surface area contributed by atoms with Crippen molar-refractivity contribution in [2.45, 2.75) is 50.5 Å². The van der Waals surface area contributed by atoms with Gasteiger partial charge in [-0.25, -0.2) is 4.79 Å². The Kier molecular flexibility index (Phi) is 5.65. The molecule has 0 radical (unpaired) electrons. The van der Waals surface area contributed by atoms with Crippen molar-refractivity contribution in [2.75, 3.05) is 31.1 Å². The molecule has 30 heavy (non-hydrogen) atoms. The largest absolute Gasteiger partial charge is 0.372 e. The van der Waals surface area contributed by atoms with Gasteiger partial charge in [-0.1, -0.05) is 42.5 Å². The number of benzene rings is 2. The summed E-state index contributed by atoms with van der Waals surface area (Å²) in [5, 5.41) is 3.26. The molecule has 2 unspecified atom stereocenters. The van der Waals surface area contributed by atoms with E-state index in [1.54, 1.807) is 0 Å². The van der Waals surface area contributed by atoms with Gasteiger partial charge in [-0.2, -0.15) is 0 Å². The van der Waals surface area contributed by atoms with E-state index in [2.05, 4.69) is 58.7 Å². The molecule has 2 aromatic carbocycles. The van der Waals surface area contributed by atoms with Gasteiger partial charge in [0.15, 0.2) is 0 Å². The maximum atomic E-state index is 12.7. The highest BCUT2D eigenvalue weighted by Crippen LogP contribution is 2.40. The Morgan fingerprint density at radius 1 is 0.933 bits per heavy atom. The highest BCUT2D eigenvalue weighted by Gasteiger charge is 2.40. The number of amides is 2. The summed E-state index contributed by atoms with van der Waals surface area (Å²) in [5.41, 5.74) is 4.18. The number of piperidine rings is 1. The van der Waals surface area contributed by atoms with Gasteiger partial charge in [-0.15, -0.1) is 0 Å². The van der Waals surface area contributed by atoms with Crippen molar-refractivity contribution in [3.05, 3.63) is 65.7 Å². The smallest absolute Gasteiger partial charge is 0.317 e. The van der Waals surface area contributed by atoms with E-state index >= 15 is 0 Å². The molecule has 4 heteroatoms. The van der Waals surface area contributed by atoms with Crippen LogP contribution in [0, 0.1) is 5.92 Å². The molecule has 2 aliphatic heterocycles. The highest BCUT2D eigenvalue weighted by molar-refractivity contribution is 5.75. The Morgan fingerprint density at radius 3 is 2.47 bits per heavy atom. The monoisotopic (exact) mass is 403 g/mol. The van der Waals surface area contributed by atoms with Gasteiger partial charge >= 0.3 is 6.03 Å². The zero-order chi connectivity index (χ0) is 20.3. The van der Waals surface area contributed by atoms with E-state index in [9.17, 15) is 4.79 Å². The first kappa shape index (κ1) is 19.5. The average molecular weight is 404 g/mol. The van der Waals surface area contributed by atoms with Crippen LogP contribution in [0.5, 0.6) is 0 Å². The molecule has 158 valence electrons. The molecule has 3 aliphatic rings. The lowest BCUT2D eigenvalue weighted by molar-refractivity contribution is 0.170. The number of urea groups is 1. The molecule has 1 aliphatic carbocycles. The van der Waals surface area contributed by atoms with Crippen molar-refractivity contribution in [1.29, 1.82) is 0 Å². The third-order valence-corrected chi connectivity index (χ3v) is 7.13. The van der Waals surface area contributed by atoms with Crippen LogP contribution < -0.4 is 10.2 Å².